The lowest BCUT2D eigenvalue weighted by Gasteiger charge is -2.31. The van der Waals surface area contributed by atoms with Crippen molar-refractivity contribution in [3.05, 3.63) is 59.2 Å². The van der Waals surface area contributed by atoms with Crippen molar-refractivity contribution in [3.63, 3.8) is 0 Å². The lowest BCUT2D eigenvalue weighted by molar-refractivity contribution is -0.145. The van der Waals surface area contributed by atoms with Gasteiger partial charge < -0.3 is 19.5 Å². The van der Waals surface area contributed by atoms with Crippen LogP contribution < -0.4 is 10.1 Å². The second-order valence-electron chi connectivity index (χ2n) is 8.68. The number of carbonyl (C=O) groups is 2. The number of benzene rings is 2. The summed E-state index contributed by atoms with van der Waals surface area (Å²) >= 11 is 0. The molecule has 1 N–H and O–H groups in total. The van der Waals surface area contributed by atoms with E-state index >= 15 is 0 Å². The van der Waals surface area contributed by atoms with Crippen LogP contribution in [0.25, 0.3) is 0 Å². The Morgan fingerprint density at radius 3 is 2.36 bits per heavy atom. The molecule has 1 atom stereocenters. The molecule has 0 spiro atoms. The van der Waals surface area contributed by atoms with Crippen LogP contribution in [0.3, 0.4) is 0 Å². The summed E-state index contributed by atoms with van der Waals surface area (Å²) in [4.78, 5) is 26.8. The molecular weight excluding hydrogens is 458 g/mol. The minimum absolute atomic E-state index is 0.0240. The number of likely N-dealkylation sites (tertiary alicyclic amines) is 1. The number of hydrogen-bond acceptors (Lipinski definition) is 8. The van der Waals surface area contributed by atoms with Crippen molar-refractivity contribution in [2.75, 3.05) is 38.2 Å². The summed E-state index contributed by atoms with van der Waals surface area (Å²) in [6, 6.07) is 14.2. The van der Waals surface area contributed by atoms with E-state index in [0.717, 1.165) is 43.5 Å². The number of esters is 2. The van der Waals surface area contributed by atoms with Crippen LogP contribution in [0.4, 0.5) is 5.69 Å². The van der Waals surface area contributed by atoms with Gasteiger partial charge in [-0.05, 0) is 80.6 Å². The molecule has 0 saturated carbocycles. The fourth-order valence-electron chi connectivity index (χ4n) is 4.20. The minimum atomic E-state index is -0.724. The molecule has 0 amide bonds. The summed E-state index contributed by atoms with van der Waals surface area (Å²) in [5.41, 5.74) is 3.07. The summed E-state index contributed by atoms with van der Waals surface area (Å²) in [7, 11) is 0. The van der Waals surface area contributed by atoms with Gasteiger partial charge in [0.05, 0.1) is 31.4 Å². The monoisotopic (exact) mass is 493 g/mol. The largest absolute Gasteiger partial charge is 0.490 e. The Labute approximate surface area is 213 Å². The number of anilines is 1. The highest BCUT2D eigenvalue weighted by Crippen LogP contribution is 2.29. The smallest absolute Gasteiger partial charge is 0.333 e. The van der Waals surface area contributed by atoms with Crippen molar-refractivity contribution in [2.45, 2.75) is 52.2 Å². The number of piperidine rings is 1. The van der Waals surface area contributed by atoms with E-state index in [1.807, 2.05) is 25.1 Å². The van der Waals surface area contributed by atoms with Gasteiger partial charge in [0, 0.05) is 18.8 Å². The van der Waals surface area contributed by atoms with Crippen molar-refractivity contribution in [3.8, 4) is 11.8 Å². The molecule has 2 aromatic rings. The van der Waals surface area contributed by atoms with E-state index in [-0.39, 0.29) is 24.6 Å². The number of aryl methyl sites for hydroxylation is 1. The molecule has 0 bridgehead atoms. The van der Waals surface area contributed by atoms with Gasteiger partial charge in [-0.15, -0.1) is 0 Å². The van der Waals surface area contributed by atoms with Crippen LogP contribution in [0.15, 0.2) is 42.5 Å². The van der Waals surface area contributed by atoms with E-state index in [2.05, 4.69) is 23.2 Å². The van der Waals surface area contributed by atoms with Gasteiger partial charge in [0.1, 0.15) is 11.9 Å². The molecule has 1 aliphatic heterocycles. The third kappa shape index (κ3) is 7.72. The first kappa shape index (κ1) is 27.0. The average molecular weight is 494 g/mol. The molecule has 1 heterocycles. The highest BCUT2D eigenvalue weighted by Gasteiger charge is 2.25. The van der Waals surface area contributed by atoms with Gasteiger partial charge >= 0.3 is 11.9 Å². The predicted molar refractivity (Wildman–Crippen MR) is 137 cm³/mol. The zero-order valence-electron chi connectivity index (χ0n) is 21.3. The molecule has 2 aromatic carbocycles. The Balaban J connectivity index is 1.75. The van der Waals surface area contributed by atoms with Crippen LogP contribution in [0.2, 0.25) is 0 Å². The molecule has 192 valence electrons. The van der Waals surface area contributed by atoms with Gasteiger partial charge in [-0.3, -0.25) is 9.69 Å². The van der Waals surface area contributed by atoms with Crippen molar-refractivity contribution in [1.82, 2.24) is 4.90 Å². The third-order valence-corrected chi connectivity index (χ3v) is 6.07. The summed E-state index contributed by atoms with van der Waals surface area (Å²) in [5, 5.41) is 12.3. The predicted octanol–water partition coefficient (Wildman–Crippen LogP) is 4.24. The van der Waals surface area contributed by atoms with Gasteiger partial charge in [-0.2, -0.15) is 5.26 Å². The van der Waals surface area contributed by atoms with E-state index in [9.17, 15) is 9.59 Å². The zero-order chi connectivity index (χ0) is 25.9. The number of nitrogens with zero attached hydrogens (tertiary/aromatic N) is 2. The minimum Gasteiger partial charge on any atom is -0.490 e. The van der Waals surface area contributed by atoms with Crippen LogP contribution in [0.5, 0.6) is 5.75 Å². The zero-order valence-corrected chi connectivity index (χ0v) is 21.3. The van der Waals surface area contributed by atoms with Gasteiger partial charge in [-0.1, -0.05) is 13.0 Å². The molecule has 8 nitrogen and oxygen atoms in total. The number of rotatable bonds is 11. The second kappa shape index (κ2) is 13.5. The fourth-order valence-corrected chi connectivity index (χ4v) is 4.20. The Bertz CT molecular complexity index is 1060. The van der Waals surface area contributed by atoms with E-state index in [0.29, 0.717) is 30.2 Å². The maximum absolute atomic E-state index is 12.9. The van der Waals surface area contributed by atoms with Gasteiger partial charge in [-0.25, -0.2) is 4.79 Å². The number of ether oxygens (including phenoxy) is 3. The van der Waals surface area contributed by atoms with Gasteiger partial charge in [0.2, 0.25) is 0 Å². The number of carbonyl (C=O) groups excluding carboxylic acids is 2. The molecule has 0 aliphatic carbocycles. The Morgan fingerprint density at radius 2 is 1.75 bits per heavy atom. The molecule has 1 aliphatic rings. The van der Waals surface area contributed by atoms with E-state index < -0.39 is 6.04 Å². The molecule has 1 saturated heterocycles. The van der Waals surface area contributed by atoms with E-state index in [1.54, 1.807) is 31.2 Å². The Hall–Kier alpha value is -3.57. The van der Waals surface area contributed by atoms with Crippen molar-refractivity contribution >= 4 is 17.6 Å². The molecular formula is C28H35N3O5. The van der Waals surface area contributed by atoms with Crippen molar-refractivity contribution in [1.29, 1.82) is 5.26 Å². The molecule has 1 unspecified atom stereocenters. The van der Waals surface area contributed by atoms with E-state index in [4.69, 9.17) is 19.5 Å². The summed E-state index contributed by atoms with van der Waals surface area (Å²) in [6.45, 7) is 8.13. The highest BCUT2D eigenvalue weighted by molar-refractivity contribution is 5.81. The lowest BCUT2D eigenvalue weighted by Crippen LogP contribution is -2.41. The van der Waals surface area contributed by atoms with Crippen LogP contribution in [0, 0.1) is 11.3 Å². The van der Waals surface area contributed by atoms with Crippen molar-refractivity contribution < 1.29 is 23.8 Å². The summed E-state index contributed by atoms with van der Waals surface area (Å²) < 4.78 is 16.8. The molecule has 3 rings (SSSR count). The summed E-state index contributed by atoms with van der Waals surface area (Å²) in [5.74, 6) is 0.134. The second-order valence-corrected chi connectivity index (χ2v) is 8.68. The van der Waals surface area contributed by atoms with Crippen LogP contribution in [0.1, 0.15) is 56.3 Å². The van der Waals surface area contributed by atoms with Gasteiger partial charge in [0.15, 0.2) is 6.04 Å². The maximum atomic E-state index is 12.9. The lowest BCUT2D eigenvalue weighted by atomic mass is 10.0. The molecule has 36 heavy (non-hydrogen) atoms. The third-order valence-electron chi connectivity index (χ3n) is 6.07. The van der Waals surface area contributed by atoms with E-state index in [1.165, 1.54) is 0 Å². The first-order valence-corrected chi connectivity index (χ1v) is 12.6. The standard InChI is InChI=1S/C28H35N3O5/c1-4-20-15-22(27(28(33)35-6-3)30-23-9-7-21(18-29)8-10-23)17-25(16-20)36-24-11-13-31(14-12-24)19-26(32)34-5-2/h7-10,15-17,24,27,30H,4-6,11-14,19H2,1-3H3. The van der Waals surface area contributed by atoms with Crippen LogP contribution in [-0.2, 0) is 25.5 Å². The maximum Gasteiger partial charge on any atom is 0.333 e. The van der Waals surface area contributed by atoms with Crippen LogP contribution >= 0.6 is 0 Å². The molecule has 0 aromatic heterocycles. The first-order chi connectivity index (χ1) is 17.4. The quantitative estimate of drug-likeness (QED) is 0.464. The van der Waals surface area contributed by atoms with Gasteiger partial charge in [0.25, 0.3) is 0 Å². The SMILES string of the molecule is CCOC(=O)CN1CCC(Oc2cc(CC)cc(C(Nc3ccc(C#N)cc3)C(=O)OCC)c2)CC1. The Morgan fingerprint density at radius 1 is 1.06 bits per heavy atom. The van der Waals surface area contributed by atoms with Crippen LogP contribution in [-0.4, -0.2) is 55.8 Å². The average Bonchev–Trinajstić information content (AvgIpc) is 2.88. The number of nitriles is 1. The summed E-state index contributed by atoms with van der Waals surface area (Å²) in [6.07, 6.45) is 2.41. The molecule has 1 fully saturated rings. The molecule has 8 heteroatoms. The van der Waals surface area contributed by atoms with Crippen molar-refractivity contribution in [2.24, 2.45) is 0 Å². The molecule has 0 radical (unpaired) electrons. The normalized spacial score (nSPS) is 14.9. The Kier molecular flexibility index (Phi) is 10.1. The highest BCUT2D eigenvalue weighted by atomic mass is 16.5. The topological polar surface area (TPSA) is 101 Å². The number of nitrogens with one attached hydrogen (secondary N) is 1. The number of hydrogen-bond donors (Lipinski definition) is 1. The first-order valence-electron chi connectivity index (χ1n) is 12.6. The fraction of sp³-hybridized carbons (Fsp3) is 0.464.